The minimum Gasteiger partial charge on any atom is -0.387 e. The predicted octanol–water partition coefficient (Wildman–Crippen LogP) is 3.07. The topological polar surface area (TPSA) is 61.4 Å². The third-order valence-corrected chi connectivity index (χ3v) is 3.59. The van der Waals surface area contributed by atoms with Crippen molar-refractivity contribution in [3.63, 3.8) is 0 Å². The second-order valence-electron chi connectivity index (χ2n) is 6.23. The van der Waals surface area contributed by atoms with Crippen molar-refractivity contribution in [2.75, 3.05) is 11.9 Å². The summed E-state index contributed by atoms with van der Waals surface area (Å²) >= 11 is 6.20. The number of aliphatic hydroxyl groups excluding tert-OH is 1. The molecule has 0 aliphatic carbocycles. The van der Waals surface area contributed by atoms with Gasteiger partial charge in [0.1, 0.15) is 0 Å². The summed E-state index contributed by atoms with van der Waals surface area (Å²) in [5, 5.41) is 16.8. The van der Waals surface area contributed by atoms with Crippen molar-refractivity contribution in [1.82, 2.24) is 5.32 Å². The maximum Gasteiger partial charge on any atom is 0.224 e. The van der Waals surface area contributed by atoms with Gasteiger partial charge < -0.3 is 15.7 Å². The van der Waals surface area contributed by atoms with Crippen molar-refractivity contribution in [2.24, 2.45) is 0 Å². The maximum atomic E-state index is 11.4. The quantitative estimate of drug-likeness (QED) is 0.797. The van der Waals surface area contributed by atoms with E-state index in [-0.39, 0.29) is 23.9 Å². The van der Waals surface area contributed by atoms with E-state index in [1.165, 1.54) is 0 Å². The van der Waals surface area contributed by atoms with Crippen LogP contribution in [0.4, 0.5) is 5.69 Å². The van der Waals surface area contributed by atoms with Gasteiger partial charge in [-0.3, -0.25) is 4.79 Å². The molecule has 1 aliphatic heterocycles. The van der Waals surface area contributed by atoms with Crippen LogP contribution >= 0.6 is 24.0 Å². The number of halogens is 2. The molecule has 0 aromatic heterocycles. The number of benzene rings is 1. The third-order valence-electron chi connectivity index (χ3n) is 3.29. The molecular weight excluding hydrogens is 311 g/mol. The van der Waals surface area contributed by atoms with Gasteiger partial charge in [0.25, 0.3) is 0 Å². The first-order valence-corrected chi connectivity index (χ1v) is 7.19. The van der Waals surface area contributed by atoms with Gasteiger partial charge in [-0.1, -0.05) is 17.7 Å². The van der Waals surface area contributed by atoms with Crippen molar-refractivity contribution < 1.29 is 9.90 Å². The number of β-amino-alcohol motifs (C(OH)–C–C–N with tert-alkyl or cyclic N) is 1. The fourth-order valence-corrected chi connectivity index (χ4v) is 2.48. The summed E-state index contributed by atoms with van der Waals surface area (Å²) in [4.78, 5) is 11.4. The Morgan fingerprint density at radius 1 is 1.38 bits per heavy atom. The standard InChI is InChI=1S/C15H21ClN2O2.ClH/c1-15(2,3)17-8-12(19)10-6-9-4-5-13(20)18-14(9)11(16)7-10;/h6-7,12,17,19H,4-5,8H2,1-3H3,(H,18,20);1H. The number of anilines is 1. The maximum absolute atomic E-state index is 11.4. The molecule has 2 rings (SSSR count). The van der Waals surface area contributed by atoms with Crippen molar-refractivity contribution in [2.45, 2.75) is 45.3 Å². The number of aryl methyl sites for hydroxylation is 1. The van der Waals surface area contributed by atoms with Gasteiger partial charge in [0, 0.05) is 18.5 Å². The molecule has 1 aromatic rings. The first kappa shape index (κ1) is 18.2. The SMILES string of the molecule is CC(C)(C)NCC(O)c1cc(Cl)c2c(c1)CCC(=O)N2.Cl. The summed E-state index contributed by atoms with van der Waals surface area (Å²) in [5.74, 6) is -0.0119. The number of amides is 1. The first-order valence-electron chi connectivity index (χ1n) is 6.81. The van der Waals surface area contributed by atoms with E-state index in [1.807, 2.05) is 6.07 Å². The number of carbonyl (C=O) groups is 1. The molecule has 0 saturated heterocycles. The van der Waals surface area contributed by atoms with Crippen LogP contribution in [0.2, 0.25) is 5.02 Å². The molecule has 1 aliphatic rings. The van der Waals surface area contributed by atoms with Gasteiger partial charge in [0.05, 0.1) is 16.8 Å². The molecule has 0 fully saturated rings. The molecule has 1 unspecified atom stereocenters. The second kappa shape index (κ2) is 6.97. The molecule has 0 bridgehead atoms. The molecule has 1 aromatic carbocycles. The number of aliphatic hydroxyl groups is 1. The highest BCUT2D eigenvalue weighted by molar-refractivity contribution is 6.34. The zero-order chi connectivity index (χ0) is 14.9. The van der Waals surface area contributed by atoms with Gasteiger partial charge in [-0.25, -0.2) is 0 Å². The molecular formula is C15H22Cl2N2O2. The van der Waals surface area contributed by atoms with Crippen LogP contribution in [-0.4, -0.2) is 23.1 Å². The summed E-state index contributed by atoms with van der Waals surface area (Å²) in [7, 11) is 0. The van der Waals surface area contributed by atoms with Gasteiger partial charge >= 0.3 is 0 Å². The van der Waals surface area contributed by atoms with E-state index in [4.69, 9.17) is 11.6 Å². The molecule has 21 heavy (non-hydrogen) atoms. The molecule has 4 nitrogen and oxygen atoms in total. The van der Waals surface area contributed by atoms with E-state index >= 15 is 0 Å². The lowest BCUT2D eigenvalue weighted by molar-refractivity contribution is -0.116. The van der Waals surface area contributed by atoms with Crippen LogP contribution in [0.25, 0.3) is 0 Å². The second-order valence-corrected chi connectivity index (χ2v) is 6.64. The zero-order valence-electron chi connectivity index (χ0n) is 12.5. The third kappa shape index (κ3) is 4.85. The monoisotopic (exact) mass is 332 g/mol. The summed E-state index contributed by atoms with van der Waals surface area (Å²) in [6, 6.07) is 3.65. The minimum atomic E-state index is -0.616. The number of hydrogen-bond donors (Lipinski definition) is 3. The van der Waals surface area contributed by atoms with Crippen LogP contribution in [0.5, 0.6) is 0 Å². The molecule has 3 N–H and O–H groups in total. The minimum absolute atomic E-state index is 0. The van der Waals surface area contributed by atoms with Gasteiger partial charge in [0.2, 0.25) is 5.91 Å². The highest BCUT2D eigenvalue weighted by Crippen LogP contribution is 2.33. The lowest BCUT2D eigenvalue weighted by Crippen LogP contribution is -2.38. The molecule has 0 radical (unpaired) electrons. The molecule has 118 valence electrons. The number of hydrogen-bond acceptors (Lipinski definition) is 3. The smallest absolute Gasteiger partial charge is 0.224 e. The lowest BCUT2D eigenvalue weighted by Gasteiger charge is -2.24. The summed E-state index contributed by atoms with van der Waals surface area (Å²) in [6.07, 6.45) is 0.506. The molecule has 0 saturated carbocycles. The molecule has 1 amide bonds. The van der Waals surface area contributed by atoms with Crippen molar-refractivity contribution in [1.29, 1.82) is 0 Å². The van der Waals surface area contributed by atoms with Gasteiger partial charge in [-0.15, -0.1) is 12.4 Å². The largest absolute Gasteiger partial charge is 0.387 e. The van der Waals surface area contributed by atoms with Crippen molar-refractivity contribution in [3.05, 3.63) is 28.3 Å². The van der Waals surface area contributed by atoms with Crippen LogP contribution in [0.1, 0.15) is 44.4 Å². The summed E-state index contributed by atoms with van der Waals surface area (Å²) < 4.78 is 0. The van der Waals surface area contributed by atoms with Crippen LogP contribution in [-0.2, 0) is 11.2 Å². The van der Waals surface area contributed by atoms with E-state index in [1.54, 1.807) is 6.07 Å². The Balaban J connectivity index is 0.00000220. The lowest BCUT2D eigenvalue weighted by atomic mass is 9.97. The molecule has 0 spiro atoms. The van der Waals surface area contributed by atoms with Crippen molar-refractivity contribution in [3.8, 4) is 0 Å². The Morgan fingerprint density at radius 3 is 2.67 bits per heavy atom. The Morgan fingerprint density at radius 2 is 2.05 bits per heavy atom. The van der Waals surface area contributed by atoms with Crippen LogP contribution in [0.15, 0.2) is 12.1 Å². The van der Waals surface area contributed by atoms with Gasteiger partial charge in [-0.2, -0.15) is 0 Å². The predicted molar refractivity (Wildman–Crippen MR) is 88.4 cm³/mol. The van der Waals surface area contributed by atoms with Gasteiger partial charge in [-0.05, 0) is 44.4 Å². The Labute approximate surface area is 136 Å². The fourth-order valence-electron chi connectivity index (χ4n) is 2.19. The molecule has 6 heteroatoms. The van der Waals surface area contributed by atoms with Crippen LogP contribution in [0, 0.1) is 0 Å². The van der Waals surface area contributed by atoms with E-state index < -0.39 is 6.10 Å². The van der Waals surface area contributed by atoms with E-state index in [0.717, 1.165) is 11.1 Å². The number of rotatable bonds is 3. The van der Waals surface area contributed by atoms with E-state index in [0.29, 0.717) is 30.1 Å². The average Bonchev–Trinajstić information content (AvgIpc) is 2.35. The summed E-state index contributed by atoms with van der Waals surface area (Å²) in [5.41, 5.74) is 2.40. The highest BCUT2D eigenvalue weighted by atomic mass is 35.5. The summed E-state index contributed by atoms with van der Waals surface area (Å²) in [6.45, 7) is 6.62. The normalized spacial score (nSPS) is 15.8. The van der Waals surface area contributed by atoms with Crippen molar-refractivity contribution >= 4 is 35.6 Å². The average molecular weight is 333 g/mol. The number of fused-ring (bicyclic) bond motifs is 1. The van der Waals surface area contributed by atoms with E-state index in [2.05, 4.69) is 31.4 Å². The Bertz CT molecular complexity index is 527. The first-order chi connectivity index (χ1) is 9.26. The number of nitrogens with one attached hydrogen (secondary N) is 2. The molecule has 1 atom stereocenters. The highest BCUT2D eigenvalue weighted by Gasteiger charge is 2.21. The van der Waals surface area contributed by atoms with Crippen LogP contribution < -0.4 is 10.6 Å². The molecule has 1 heterocycles. The fraction of sp³-hybridized carbons (Fsp3) is 0.533. The van der Waals surface area contributed by atoms with E-state index in [9.17, 15) is 9.90 Å². The Kier molecular flexibility index (Phi) is 6.05. The number of carbonyl (C=O) groups excluding carboxylic acids is 1. The van der Waals surface area contributed by atoms with Gasteiger partial charge in [0.15, 0.2) is 0 Å². The zero-order valence-corrected chi connectivity index (χ0v) is 14.1. The van der Waals surface area contributed by atoms with Crippen LogP contribution in [0.3, 0.4) is 0 Å². The Hall–Kier alpha value is -0.810.